The van der Waals surface area contributed by atoms with Gasteiger partial charge in [-0.1, -0.05) is 51.1 Å². The Hall–Kier alpha value is -2.53. The van der Waals surface area contributed by atoms with Crippen LogP contribution in [0.4, 0.5) is 5.82 Å². The van der Waals surface area contributed by atoms with Crippen LogP contribution in [0.2, 0.25) is 0 Å². The molecule has 4 nitrogen and oxygen atoms in total. The quantitative estimate of drug-likeness (QED) is 0.542. The molecular formula is C19H20N4S. The Labute approximate surface area is 146 Å². The van der Waals surface area contributed by atoms with Crippen molar-refractivity contribution >= 4 is 23.4 Å². The summed E-state index contributed by atoms with van der Waals surface area (Å²) in [6.07, 6.45) is 3.51. The summed E-state index contributed by atoms with van der Waals surface area (Å²) in [5.41, 5.74) is 6.27. The van der Waals surface area contributed by atoms with E-state index in [-0.39, 0.29) is 5.41 Å². The average Bonchev–Trinajstić information content (AvgIpc) is 3.07. The molecule has 122 valence electrons. The van der Waals surface area contributed by atoms with Crippen molar-refractivity contribution in [1.29, 1.82) is 0 Å². The summed E-state index contributed by atoms with van der Waals surface area (Å²) in [6.45, 7) is 6.54. The summed E-state index contributed by atoms with van der Waals surface area (Å²) in [7, 11) is 0. The lowest BCUT2D eigenvalue weighted by Crippen LogP contribution is -2.11. The van der Waals surface area contributed by atoms with Crippen LogP contribution in [-0.2, 0) is 5.41 Å². The molecule has 3 aromatic rings. The van der Waals surface area contributed by atoms with Gasteiger partial charge in [0.15, 0.2) is 0 Å². The van der Waals surface area contributed by atoms with E-state index >= 15 is 0 Å². The van der Waals surface area contributed by atoms with E-state index < -0.39 is 0 Å². The highest BCUT2D eigenvalue weighted by molar-refractivity contribution is 7.13. The zero-order valence-electron chi connectivity index (χ0n) is 14.0. The molecule has 0 radical (unpaired) electrons. The van der Waals surface area contributed by atoms with Crippen molar-refractivity contribution in [3.05, 3.63) is 65.3 Å². The predicted octanol–water partition coefficient (Wildman–Crippen LogP) is 4.95. The predicted molar refractivity (Wildman–Crippen MR) is 102 cm³/mol. The van der Waals surface area contributed by atoms with Gasteiger partial charge in [-0.25, -0.2) is 9.97 Å². The third-order valence-corrected chi connectivity index (χ3v) is 4.38. The third kappa shape index (κ3) is 4.06. The van der Waals surface area contributed by atoms with Crippen LogP contribution < -0.4 is 5.43 Å². The van der Waals surface area contributed by atoms with E-state index in [2.05, 4.69) is 53.8 Å². The standard InChI is InChI=1S/C19H20N4S/c1-19(2,3)16-13-24-18(22-16)15-9-7-14(8-10-15)12-21-23-17-6-4-5-11-20-17/h4-13H,1-3H3,(H,20,23)/b21-12+. The van der Waals surface area contributed by atoms with Gasteiger partial charge in [0, 0.05) is 22.6 Å². The zero-order valence-corrected chi connectivity index (χ0v) is 14.8. The van der Waals surface area contributed by atoms with Gasteiger partial charge in [-0.05, 0) is 17.7 Å². The normalized spacial score (nSPS) is 11.8. The second kappa shape index (κ2) is 6.93. The molecule has 2 aromatic heterocycles. The molecule has 0 fully saturated rings. The van der Waals surface area contributed by atoms with E-state index in [1.807, 2.05) is 30.3 Å². The number of nitrogens with zero attached hydrogens (tertiary/aromatic N) is 3. The molecular weight excluding hydrogens is 316 g/mol. The summed E-state index contributed by atoms with van der Waals surface area (Å²) >= 11 is 1.69. The van der Waals surface area contributed by atoms with E-state index in [9.17, 15) is 0 Å². The van der Waals surface area contributed by atoms with Crippen LogP contribution >= 0.6 is 11.3 Å². The van der Waals surface area contributed by atoms with Crippen molar-refractivity contribution in [2.24, 2.45) is 5.10 Å². The number of pyridine rings is 1. The van der Waals surface area contributed by atoms with Gasteiger partial charge in [0.1, 0.15) is 10.8 Å². The molecule has 1 aromatic carbocycles. The molecule has 0 aliphatic heterocycles. The van der Waals surface area contributed by atoms with Crippen molar-refractivity contribution in [2.45, 2.75) is 26.2 Å². The monoisotopic (exact) mass is 336 g/mol. The van der Waals surface area contributed by atoms with Crippen LogP contribution in [0.3, 0.4) is 0 Å². The lowest BCUT2D eigenvalue weighted by atomic mass is 9.93. The minimum Gasteiger partial charge on any atom is -0.261 e. The molecule has 0 spiro atoms. The average molecular weight is 336 g/mol. The lowest BCUT2D eigenvalue weighted by Gasteiger charge is -2.14. The number of hydrogen-bond acceptors (Lipinski definition) is 5. The number of hydrogen-bond donors (Lipinski definition) is 1. The Bertz CT molecular complexity index is 815. The molecule has 0 amide bonds. The Kier molecular flexibility index (Phi) is 4.71. The van der Waals surface area contributed by atoms with Gasteiger partial charge < -0.3 is 0 Å². The van der Waals surface area contributed by atoms with Crippen LogP contribution in [0.5, 0.6) is 0 Å². The first kappa shape index (κ1) is 16.3. The van der Waals surface area contributed by atoms with Gasteiger partial charge in [0.2, 0.25) is 0 Å². The third-order valence-electron chi connectivity index (χ3n) is 3.49. The maximum absolute atomic E-state index is 4.75. The number of aromatic nitrogens is 2. The van der Waals surface area contributed by atoms with Crippen LogP contribution in [0, 0.1) is 0 Å². The first-order valence-electron chi connectivity index (χ1n) is 7.79. The van der Waals surface area contributed by atoms with Crippen LogP contribution in [-0.4, -0.2) is 16.2 Å². The van der Waals surface area contributed by atoms with E-state index in [1.54, 1.807) is 23.7 Å². The first-order valence-corrected chi connectivity index (χ1v) is 8.67. The molecule has 0 saturated carbocycles. The molecule has 0 saturated heterocycles. The largest absolute Gasteiger partial charge is 0.261 e. The fourth-order valence-corrected chi connectivity index (χ4v) is 3.12. The molecule has 0 unspecified atom stereocenters. The summed E-state index contributed by atoms with van der Waals surface area (Å²) in [4.78, 5) is 8.90. The molecule has 2 heterocycles. The lowest BCUT2D eigenvalue weighted by molar-refractivity contribution is 0.573. The SMILES string of the molecule is CC(C)(C)c1csc(-c2ccc(/C=N/Nc3ccccn3)cc2)n1. The number of hydrazone groups is 1. The molecule has 1 N–H and O–H groups in total. The fraction of sp³-hybridized carbons (Fsp3) is 0.211. The highest BCUT2D eigenvalue weighted by Gasteiger charge is 2.17. The summed E-state index contributed by atoms with van der Waals surface area (Å²) in [6, 6.07) is 13.9. The van der Waals surface area contributed by atoms with Crippen molar-refractivity contribution < 1.29 is 0 Å². The van der Waals surface area contributed by atoms with Gasteiger partial charge >= 0.3 is 0 Å². The first-order chi connectivity index (χ1) is 11.5. The smallest absolute Gasteiger partial charge is 0.146 e. The topological polar surface area (TPSA) is 50.2 Å². The van der Waals surface area contributed by atoms with Crippen LogP contribution in [0.25, 0.3) is 10.6 Å². The van der Waals surface area contributed by atoms with Gasteiger partial charge in [-0.3, -0.25) is 5.43 Å². The Morgan fingerprint density at radius 3 is 2.50 bits per heavy atom. The van der Waals surface area contributed by atoms with Crippen molar-refractivity contribution in [3.8, 4) is 10.6 Å². The van der Waals surface area contributed by atoms with Crippen molar-refractivity contribution in [2.75, 3.05) is 5.43 Å². The fourth-order valence-electron chi connectivity index (χ4n) is 2.06. The molecule has 5 heteroatoms. The maximum atomic E-state index is 4.75. The zero-order chi connectivity index (χ0) is 17.0. The molecule has 3 rings (SSSR count). The van der Waals surface area contributed by atoms with Gasteiger partial charge in [-0.15, -0.1) is 11.3 Å². The molecule has 0 aliphatic carbocycles. The van der Waals surface area contributed by atoms with Gasteiger partial charge in [-0.2, -0.15) is 5.10 Å². The molecule has 0 aliphatic rings. The minimum atomic E-state index is 0.0818. The maximum Gasteiger partial charge on any atom is 0.146 e. The van der Waals surface area contributed by atoms with Gasteiger partial charge in [0.05, 0.1) is 11.9 Å². The molecule has 0 atom stereocenters. The van der Waals surface area contributed by atoms with E-state index in [1.165, 1.54) is 0 Å². The Morgan fingerprint density at radius 2 is 1.88 bits per heavy atom. The Balaban J connectivity index is 1.68. The van der Waals surface area contributed by atoms with E-state index in [0.717, 1.165) is 27.6 Å². The van der Waals surface area contributed by atoms with Crippen LogP contribution in [0.1, 0.15) is 32.0 Å². The number of benzene rings is 1. The van der Waals surface area contributed by atoms with Crippen molar-refractivity contribution in [3.63, 3.8) is 0 Å². The second-order valence-corrected chi connectivity index (χ2v) is 7.35. The summed E-state index contributed by atoms with van der Waals surface area (Å²) < 4.78 is 0. The summed E-state index contributed by atoms with van der Waals surface area (Å²) in [5, 5.41) is 7.39. The number of nitrogens with one attached hydrogen (secondary N) is 1. The molecule has 0 bridgehead atoms. The minimum absolute atomic E-state index is 0.0818. The van der Waals surface area contributed by atoms with Crippen LogP contribution in [0.15, 0.2) is 59.1 Å². The number of anilines is 1. The highest BCUT2D eigenvalue weighted by atomic mass is 32.1. The number of thiazole rings is 1. The Morgan fingerprint density at radius 1 is 1.08 bits per heavy atom. The van der Waals surface area contributed by atoms with Gasteiger partial charge in [0.25, 0.3) is 0 Å². The van der Waals surface area contributed by atoms with E-state index in [4.69, 9.17) is 4.98 Å². The molecule has 24 heavy (non-hydrogen) atoms. The highest BCUT2D eigenvalue weighted by Crippen LogP contribution is 2.29. The number of rotatable bonds is 4. The van der Waals surface area contributed by atoms with E-state index in [0.29, 0.717) is 0 Å². The second-order valence-electron chi connectivity index (χ2n) is 6.49. The van der Waals surface area contributed by atoms with Crippen molar-refractivity contribution in [1.82, 2.24) is 9.97 Å². The summed E-state index contributed by atoms with van der Waals surface area (Å²) in [5.74, 6) is 0.725.